The molecular weight excluding hydrogens is 358 g/mol. The number of carbonyl (C=O) groups is 1. The Morgan fingerprint density at radius 1 is 0.931 bits per heavy atom. The van der Waals surface area contributed by atoms with Crippen LogP contribution in [0.4, 0.5) is 0 Å². The van der Waals surface area contributed by atoms with Gasteiger partial charge in [-0.25, -0.2) is 0 Å². The number of aryl methyl sites for hydroxylation is 1. The van der Waals surface area contributed by atoms with Gasteiger partial charge in [-0.1, -0.05) is 60.7 Å². The maximum Gasteiger partial charge on any atom is 0.179 e. The lowest BCUT2D eigenvalue weighted by atomic mass is 10.1. The van der Waals surface area contributed by atoms with Gasteiger partial charge in [0.25, 0.3) is 0 Å². The number of hydrogen-bond acceptors (Lipinski definition) is 3. The van der Waals surface area contributed by atoms with Crippen LogP contribution in [0.15, 0.2) is 60.7 Å². The van der Waals surface area contributed by atoms with E-state index in [0.717, 1.165) is 54.9 Å². The number of nitrogens with zero attached hydrogens (tertiary/aromatic N) is 3. The topological polar surface area (TPSA) is 28.5 Å². The number of fused-ring (bicyclic) bond motifs is 1. The van der Waals surface area contributed by atoms with Crippen molar-refractivity contribution in [3.05, 3.63) is 77.5 Å². The van der Waals surface area contributed by atoms with Crippen LogP contribution >= 0.6 is 0 Å². The fourth-order valence-electron chi connectivity index (χ4n) is 4.19. The molecule has 0 amide bonds. The molecule has 150 valence electrons. The molecule has 0 unspecified atom stereocenters. The summed E-state index contributed by atoms with van der Waals surface area (Å²) in [5, 5.41) is 1.07. The van der Waals surface area contributed by atoms with Crippen molar-refractivity contribution in [1.82, 2.24) is 14.4 Å². The summed E-state index contributed by atoms with van der Waals surface area (Å²) >= 11 is 0. The van der Waals surface area contributed by atoms with Crippen molar-refractivity contribution in [2.45, 2.75) is 6.92 Å². The van der Waals surface area contributed by atoms with E-state index in [4.69, 9.17) is 0 Å². The Morgan fingerprint density at radius 3 is 2.34 bits per heavy atom. The van der Waals surface area contributed by atoms with Crippen molar-refractivity contribution in [2.24, 2.45) is 7.05 Å². The van der Waals surface area contributed by atoms with Crippen molar-refractivity contribution in [2.75, 3.05) is 39.3 Å². The molecule has 4 heteroatoms. The van der Waals surface area contributed by atoms with Crippen LogP contribution in [0, 0.1) is 6.92 Å². The van der Waals surface area contributed by atoms with Crippen molar-refractivity contribution in [3.63, 3.8) is 0 Å². The predicted molar refractivity (Wildman–Crippen MR) is 120 cm³/mol. The van der Waals surface area contributed by atoms with Gasteiger partial charge in [-0.05, 0) is 18.6 Å². The molecule has 1 saturated heterocycles. The molecule has 29 heavy (non-hydrogen) atoms. The monoisotopic (exact) mass is 387 g/mol. The third-order valence-electron chi connectivity index (χ3n) is 5.98. The Kier molecular flexibility index (Phi) is 5.93. The fraction of sp³-hybridized carbons (Fsp3) is 0.320. The Bertz CT molecular complexity index is 1010. The van der Waals surface area contributed by atoms with Crippen LogP contribution in [0.1, 0.15) is 21.6 Å². The number of carbonyl (C=O) groups excluding carboxylic acids is 1. The van der Waals surface area contributed by atoms with Crippen LogP contribution in [0.25, 0.3) is 17.0 Å². The lowest BCUT2D eigenvalue weighted by molar-refractivity contribution is 0.0866. The lowest BCUT2D eigenvalue weighted by Gasteiger charge is -2.33. The van der Waals surface area contributed by atoms with E-state index >= 15 is 0 Å². The minimum absolute atomic E-state index is 0.233. The van der Waals surface area contributed by atoms with Gasteiger partial charge in [-0.2, -0.15) is 0 Å². The summed E-state index contributed by atoms with van der Waals surface area (Å²) in [5.74, 6) is 0.233. The minimum atomic E-state index is 0.233. The molecule has 0 atom stereocenters. The maximum absolute atomic E-state index is 13.1. The molecular formula is C25H29N3O. The van der Waals surface area contributed by atoms with E-state index in [1.165, 1.54) is 5.56 Å². The molecule has 3 aromatic rings. The van der Waals surface area contributed by atoms with Gasteiger partial charge in [0.05, 0.1) is 6.54 Å². The van der Waals surface area contributed by atoms with Crippen LogP contribution in [0.5, 0.6) is 0 Å². The first kappa shape index (κ1) is 19.6. The first-order valence-corrected chi connectivity index (χ1v) is 10.4. The number of rotatable bonds is 6. The summed E-state index contributed by atoms with van der Waals surface area (Å²) in [5.41, 5.74) is 4.31. The predicted octanol–water partition coefficient (Wildman–Crippen LogP) is 4.00. The molecule has 0 radical (unpaired) electrons. The zero-order chi connectivity index (χ0) is 20.2. The molecule has 1 fully saturated rings. The van der Waals surface area contributed by atoms with Crippen LogP contribution in [-0.2, 0) is 7.05 Å². The summed E-state index contributed by atoms with van der Waals surface area (Å²) in [6.45, 7) is 7.39. The van der Waals surface area contributed by atoms with Gasteiger partial charge >= 0.3 is 0 Å². The summed E-state index contributed by atoms with van der Waals surface area (Å²) in [7, 11) is 2.04. The van der Waals surface area contributed by atoms with Crippen LogP contribution in [-0.4, -0.2) is 59.4 Å². The molecule has 1 aromatic heterocycles. The highest BCUT2D eigenvalue weighted by molar-refractivity contribution is 6.10. The number of benzene rings is 2. The van der Waals surface area contributed by atoms with Crippen LogP contribution in [0.2, 0.25) is 0 Å². The molecule has 2 heterocycles. The van der Waals surface area contributed by atoms with E-state index in [-0.39, 0.29) is 5.78 Å². The van der Waals surface area contributed by atoms with Gasteiger partial charge in [0.1, 0.15) is 0 Å². The fourth-order valence-corrected chi connectivity index (χ4v) is 4.19. The standard InChI is InChI=1S/C25H29N3O/c1-20-25(22-12-6-7-13-23(22)26(20)2)24(29)19-28-17-15-27(16-18-28)14-8-11-21-9-4-3-5-10-21/h3-13H,14-19H2,1-2H3. The molecule has 0 N–H and O–H groups in total. The number of hydrogen-bond donors (Lipinski definition) is 0. The Balaban J connectivity index is 1.33. The van der Waals surface area contributed by atoms with Gasteiger partial charge in [-0.3, -0.25) is 14.6 Å². The van der Waals surface area contributed by atoms with E-state index < -0.39 is 0 Å². The number of ketones is 1. The van der Waals surface area contributed by atoms with Gasteiger partial charge in [0, 0.05) is 61.9 Å². The van der Waals surface area contributed by atoms with E-state index in [1.54, 1.807) is 0 Å². The first-order valence-electron chi connectivity index (χ1n) is 10.4. The van der Waals surface area contributed by atoms with E-state index in [1.807, 2.05) is 32.2 Å². The molecule has 1 aliphatic heterocycles. The second kappa shape index (κ2) is 8.76. The molecule has 0 spiro atoms. The summed E-state index contributed by atoms with van der Waals surface area (Å²) < 4.78 is 2.12. The third kappa shape index (κ3) is 4.34. The molecule has 1 aliphatic rings. The number of aromatic nitrogens is 1. The van der Waals surface area contributed by atoms with Gasteiger partial charge in [0.15, 0.2) is 5.78 Å². The molecule has 0 saturated carbocycles. The normalized spacial score (nSPS) is 16.1. The molecule has 4 nitrogen and oxygen atoms in total. The molecule has 0 bridgehead atoms. The second-order valence-electron chi connectivity index (χ2n) is 7.85. The van der Waals surface area contributed by atoms with Gasteiger partial charge < -0.3 is 4.57 Å². The number of piperazine rings is 1. The van der Waals surface area contributed by atoms with Crippen molar-refractivity contribution in [3.8, 4) is 0 Å². The van der Waals surface area contributed by atoms with E-state index in [0.29, 0.717) is 6.54 Å². The first-order chi connectivity index (χ1) is 14.1. The van der Waals surface area contributed by atoms with Crippen molar-refractivity contribution in [1.29, 1.82) is 0 Å². The average molecular weight is 388 g/mol. The highest BCUT2D eigenvalue weighted by Gasteiger charge is 2.22. The Hall–Kier alpha value is -2.69. The largest absolute Gasteiger partial charge is 0.347 e. The van der Waals surface area contributed by atoms with Crippen LogP contribution in [0.3, 0.4) is 0 Å². The van der Waals surface area contributed by atoms with Gasteiger partial charge in [0.2, 0.25) is 0 Å². The summed E-state index contributed by atoms with van der Waals surface area (Å²) in [6, 6.07) is 18.6. The van der Waals surface area contributed by atoms with Gasteiger partial charge in [-0.15, -0.1) is 0 Å². The van der Waals surface area contributed by atoms with E-state index in [2.05, 4.69) is 62.9 Å². The van der Waals surface area contributed by atoms with Crippen LogP contribution < -0.4 is 0 Å². The Labute approximate surface area is 173 Å². The highest BCUT2D eigenvalue weighted by atomic mass is 16.1. The third-order valence-corrected chi connectivity index (χ3v) is 5.98. The summed E-state index contributed by atoms with van der Waals surface area (Å²) in [4.78, 5) is 17.8. The average Bonchev–Trinajstić information content (AvgIpc) is 3.01. The summed E-state index contributed by atoms with van der Waals surface area (Å²) in [6.07, 6.45) is 4.41. The SMILES string of the molecule is Cc1c(C(=O)CN2CCN(CC=Cc3ccccc3)CC2)c2ccccc2n1C. The zero-order valence-electron chi connectivity index (χ0n) is 17.3. The van der Waals surface area contributed by atoms with Crippen molar-refractivity contribution < 1.29 is 4.79 Å². The van der Waals surface area contributed by atoms with Crippen molar-refractivity contribution >= 4 is 22.8 Å². The number of para-hydroxylation sites is 1. The molecule has 0 aliphatic carbocycles. The maximum atomic E-state index is 13.1. The zero-order valence-corrected chi connectivity index (χ0v) is 17.3. The Morgan fingerprint density at radius 2 is 1.59 bits per heavy atom. The quantitative estimate of drug-likeness (QED) is 0.599. The molecule has 4 rings (SSSR count). The smallest absolute Gasteiger partial charge is 0.179 e. The molecule has 2 aromatic carbocycles. The lowest BCUT2D eigenvalue weighted by Crippen LogP contribution is -2.47. The number of Topliss-reactive ketones (excluding diaryl/α,β-unsaturated/α-hetero) is 1. The second-order valence-corrected chi connectivity index (χ2v) is 7.85. The van der Waals surface area contributed by atoms with E-state index in [9.17, 15) is 4.79 Å². The highest BCUT2D eigenvalue weighted by Crippen LogP contribution is 2.25. The minimum Gasteiger partial charge on any atom is -0.347 e.